The van der Waals surface area contributed by atoms with Gasteiger partial charge in [-0.05, 0) is 49.8 Å². The molecule has 0 atom stereocenters. The van der Waals surface area contributed by atoms with E-state index in [4.69, 9.17) is 10.2 Å². The van der Waals surface area contributed by atoms with Crippen LogP contribution in [0.5, 0.6) is 0 Å². The Bertz CT molecular complexity index is 677. The standard InChI is InChI=1S/C23H30O3/c1-23(2,26)17-5-3-4-6-18-7-9-19(10-8-18)11-12-20-13-15-21(16-14-20)22(24)25/h7-16,22,24-26H,3-6,17H2,1-2H3. The van der Waals surface area contributed by atoms with Gasteiger partial charge >= 0.3 is 0 Å². The smallest absolute Gasteiger partial charge is 0.178 e. The van der Waals surface area contributed by atoms with Gasteiger partial charge in [0, 0.05) is 5.56 Å². The van der Waals surface area contributed by atoms with Crippen molar-refractivity contribution >= 4 is 12.2 Å². The lowest BCUT2D eigenvalue weighted by molar-refractivity contribution is -0.0424. The molecule has 2 aromatic rings. The van der Waals surface area contributed by atoms with Crippen molar-refractivity contribution in [2.45, 2.75) is 57.8 Å². The fourth-order valence-corrected chi connectivity index (χ4v) is 2.83. The van der Waals surface area contributed by atoms with Crippen molar-refractivity contribution in [3.8, 4) is 0 Å². The maximum absolute atomic E-state index is 9.71. The van der Waals surface area contributed by atoms with Crippen LogP contribution in [-0.2, 0) is 6.42 Å². The number of unbranched alkanes of at least 4 members (excludes halogenated alkanes) is 2. The van der Waals surface area contributed by atoms with Crippen LogP contribution in [0.1, 0.15) is 68.1 Å². The predicted molar refractivity (Wildman–Crippen MR) is 107 cm³/mol. The molecule has 0 fully saturated rings. The lowest BCUT2D eigenvalue weighted by Gasteiger charge is -2.16. The molecule has 3 nitrogen and oxygen atoms in total. The van der Waals surface area contributed by atoms with E-state index < -0.39 is 11.9 Å². The Balaban J connectivity index is 1.79. The molecule has 0 heterocycles. The van der Waals surface area contributed by atoms with Gasteiger partial charge in [-0.3, -0.25) is 0 Å². The Labute approximate surface area is 156 Å². The van der Waals surface area contributed by atoms with E-state index in [-0.39, 0.29) is 0 Å². The van der Waals surface area contributed by atoms with Gasteiger partial charge in [0.15, 0.2) is 6.29 Å². The highest BCUT2D eigenvalue weighted by molar-refractivity contribution is 5.69. The van der Waals surface area contributed by atoms with Gasteiger partial charge in [0.05, 0.1) is 5.60 Å². The van der Waals surface area contributed by atoms with Crippen LogP contribution in [0.4, 0.5) is 0 Å². The van der Waals surface area contributed by atoms with Crippen molar-refractivity contribution < 1.29 is 15.3 Å². The Kier molecular flexibility index (Phi) is 7.58. The molecule has 0 aliphatic rings. The van der Waals surface area contributed by atoms with Crippen LogP contribution in [0, 0.1) is 0 Å². The van der Waals surface area contributed by atoms with E-state index in [9.17, 15) is 5.11 Å². The normalized spacial score (nSPS) is 12.2. The van der Waals surface area contributed by atoms with Crippen LogP contribution in [-0.4, -0.2) is 20.9 Å². The number of aryl methyl sites for hydroxylation is 1. The zero-order valence-corrected chi connectivity index (χ0v) is 15.7. The van der Waals surface area contributed by atoms with Crippen molar-refractivity contribution in [3.05, 3.63) is 70.8 Å². The van der Waals surface area contributed by atoms with Crippen molar-refractivity contribution in [3.63, 3.8) is 0 Å². The zero-order chi connectivity index (χ0) is 19.0. The molecule has 2 aromatic carbocycles. The second-order valence-corrected chi connectivity index (χ2v) is 7.49. The van der Waals surface area contributed by atoms with Gasteiger partial charge in [-0.15, -0.1) is 0 Å². The molecule has 140 valence electrons. The number of hydrogen-bond donors (Lipinski definition) is 3. The van der Waals surface area contributed by atoms with E-state index in [0.717, 1.165) is 43.2 Å². The summed E-state index contributed by atoms with van der Waals surface area (Å²) in [4.78, 5) is 0. The number of benzene rings is 2. The van der Waals surface area contributed by atoms with Gasteiger partial charge < -0.3 is 15.3 Å². The van der Waals surface area contributed by atoms with E-state index >= 15 is 0 Å². The number of aliphatic hydroxyl groups excluding tert-OH is 1. The Hall–Kier alpha value is -1.94. The monoisotopic (exact) mass is 354 g/mol. The van der Waals surface area contributed by atoms with Gasteiger partial charge in [0.2, 0.25) is 0 Å². The lowest BCUT2D eigenvalue weighted by atomic mass is 9.99. The molecule has 0 saturated heterocycles. The quantitative estimate of drug-likeness (QED) is 0.347. The summed E-state index contributed by atoms with van der Waals surface area (Å²) in [5.74, 6) is 0. The maximum Gasteiger partial charge on any atom is 0.178 e. The molecule has 0 unspecified atom stereocenters. The lowest BCUT2D eigenvalue weighted by Crippen LogP contribution is -2.17. The molecule has 0 saturated carbocycles. The minimum absolute atomic E-state index is 0.494. The molecule has 0 amide bonds. The molecule has 0 bridgehead atoms. The Morgan fingerprint density at radius 1 is 0.808 bits per heavy atom. The summed E-state index contributed by atoms with van der Waals surface area (Å²) < 4.78 is 0. The molecule has 0 spiro atoms. The average Bonchev–Trinajstić information content (AvgIpc) is 2.60. The van der Waals surface area contributed by atoms with Gasteiger partial charge in [0.25, 0.3) is 0 Å². The molecule has 3 heteroatoms. The second-order valence-electron chi connectivity index (χ2n) is 7.49. The van der Waals surface area contributed by atoms with Crippen molar-refractivity contribution in [2.75, 3.05) is 0 Å². The molecule has 0 radical (unpaired) electrons. The minimum Gasteiger partial charge on any atom is -0.390 e. The van der Waals surface area contributed by atoms with Gasteiger partial charge in [-0.25, -0.2) is 0 Å². The highest BCUT2D eigenvalue weighted by Gasteiger charge is 2.10. The summed E-state index contributed by atoms with van der Waals surface area (Å²) in [6, 6.07) is 15.7. The fourth-order valence-electron chi connectivity index (χ4n) is 2.83. The van der Waals surface area contributed by atoms with Crippen molar-refractivity contribution in [1.29, 1.82) is 0 Å². The van der Waals surface area contributed by atoms with E-state index in [0.29, 0.717) is 5.56 Å². The van der Waals surface area contributed by atoms with Gasteiger partial charge in [-0.1, -0.05) is 73.5 Å². The van der Waals surface area contributed by atoms with Gasteiger partial charge in [0.1, 0.15) is 0 Å². The molecular formula is C23H30O3. The van der Waals surface area contributed by atoms with Crippen LogP contribution < -0.4 is 0 Å². The van der Waals surface area contributed by atoms with Crippen LogP contribution in [0.25, 0.3) is 12.2 Å². The first-order valence-electron chi connectivity index (χ1n) is 9.29. The first-order valence-corrected chi connectivity index (χ1v) is 9.29. The first kappa shape index (κ1) is 20.4. The predicted octanol–water partition coefficient (Wildman–Crippen LogP) is 4.71. The zero-order valence-electron chi connectivity index (χ0n) is 15.7. The molecule has 0 aliphatic heterocycles. The third kappa shape index (κ3) is 7.52. The summed E-state index contributed by atoms with van der Waals surface area (Å²) in [6.45, 7) is 3.73. The second kappa shape index (κ2) is 9.67. The molecule has 2 rings (SSSR count). The third-order valence-corrected chi connectivity index (χ3v) is 4.44. The van der Waals surface area contributed by atoms with E-state index in [1.165, 1.54) is 5.56 Å². The summed E-state index contributed by atoms with van der Waals surface area (Å²) in [7, 11) is 0. The Morgan fingerprint density at radius 3 is 1.85 bits per heavy atom. The SMILES string of the molecule is CC(C)(O)CCCCCc1ccc(C=Cc2ccc(C(O)O)cc2)cc1. The van der Waals surface area contributed by atoms with E-state index in [2.05, 4.69) is 30.3 Å². The fraction of sp³-hybridized carbons (Fsp3) is 0.391. The van der Waals surface area contributed by atoms with Crippen LogP contribution in [0.15, 0.2) is 48.5 Å². The number of hydrogen-bond acceptors (Lipinski definition) is 3. The summed E-state index contributed by atoms with van der Waals surface area (Å²) in [5, 5.41) is 27.9. The third-order valence-electron chi connectivity index (χ3n) is 4.44. The highest BCUT2D eigenvalue weighted by atomic mass is 16.5. The number of aliphatic hydroxyl groups is 3. The topological polar surface area (TPSA) is 60.7 Å². The van der Waals surface area contributed by atoms with E-state index in [1.807, 2.05) is 32.1 Å². The molecule has 0 aromatic heterocycles. The molecule has 3 N–H and O–H groups in total. The Morgan fingerprint density at radius 2 is 1.35 bits per heavy atom. The van der Waals surface area contributed by atoms with Crippen LogP contribution in [0.2, 0.25) is 0 Å². The molecular weight excluding hydrogens is 324 g/mol. The highest BCUT2D eigenvalue weighted by Crippen LogP contribution is 2.16. The van der Waals surface area contributed by atoms with Crippen LogP contribution >= 0.6 is 0 Å². The molecule has 26 heavy (non-hydrogen) atoms. The summed E-state index contributed by atoms with van der Waals surface area (Å²) in [6.07, 6.45) is 7.93. The molecule has 0 aliphatic carbocycles. The average molecular weight is 354 g/mol. The van der Waals surface area contributed by atoms with Crippen molar-refractivity contribution in [1.82, 2.24) is 0 Å². The van der Waals surface area contributed by atoms with Crippen LogP contribution in [0.3, 0.4) is 0 Å². The maximum atomic E-state index is 9.71. The largest absolute Gasteiger partial charge is 0.390 e. The summed E-state index contributed by atoms with van der Waals surface area (Å²) in [5.41, 5.74) is 3.44. The van der Waals surface area contributed by atoms with Gasteiger partial charge in [-0.2, -0.15) is 0 Å². The first-order chi connectivity index (χ1) is 12.3. The summed E-state index contributed by atoms with van der Waals surface area (Å²) >= 11 is 0. The van der Waals surface area contributed by atoms with Crippen molar-refractivity contribution in [2.24, 2.45) is 0 Å². The van der Waals surface area contributed by atoms with E-state index in [1.54, 1.807) is 12.1 Å². The minimum atomic E-state index is -1.42. The number of rotatable bonds is 9.